The van der Waals surface area contributed by atoms with Gasteiger partial charge < -0.3 is 4.74 Å². The third kappa shape index (κ3) is 3.74. The molecule has 0 fully saturated rings. The van der Waals surface area contributed by atoms with Gasteiger partial charge in [0.15, 0.2) is 0 Å². The average Bonchev–Trinajstić information content (AvgIpc) is 2.31. The summed E-state index contributed by atoms with van der Waals surface area (Å²) in [6, 6.07) is 7.80. The summed E-state index contributed by atoms with van der Waals surface area (Å²) in [4.78, 5) is 4.44. The van der Waals surface area contributed by atoms with E-state index in [0.717, 1.165) is 24.3 Å². The Balaban J connectivity index is 2.63. The molecule has 0 aliphatic carbocycles. The van der Waals surface area contributed by atoms with Crippen LogP contribution in [0, 0.1) is 5.92 Å². The van der Waals surface area contributed by atoms with Gasteiger partial charge in [-0.2, -0.15) is 0 Å². The summed E-state index contributed by atoms with van der Waals surface area (Å²) >= 11 is 0. The van der Waals surface area contributed by atoms with E-state index in [-0.39, 0.29) is 0 Å². The van der Waals surface area contributed by atoms with E-state index in [1.807, 2.05) is 30.5 Å². The van der Waals surface area contributed by atoms with E-state index in [0.29, 0.717) is 5.92 Å². The average molecular weight is 205 g/mol. The minimum Gasteiger partial charge on any atom is -0.497 e. The summed E-state index contributed by atoms with van der Waals surface area (Å²) < 4.78 is 5.09. The summed E-state index contributed by atoms with van der Waals surface area (Å²) in [5.74, 6) is 1.46. The Morgan fingerprint density at radius 2 is 1.80 bits per heavy atom. The summed E-state index contributed by atoms with van der Waals surface area (Å²) in [6.45, 7) is 4.38. The summed E-state index contributed by atoms with van der Waals surface area (Å²) in [6.07, 6.45) is 4.34. The first-order chi connectivity index (χ1) is 7.30. The molecule has 0 unspecified atom stereocenters. The van der Waals surface area contributed by atoms with Gasteiger partial charge in [-0.3, -0.25) is 4.99 Å². The Morgan fingerprint density at radius 3 is 2.27 bits per heavy atom. The molecule has 0 bridgehead atoms. The molecule has 0 N–H and O–H groups in total. The molecular formula is C13H19NO. The van der Waals surface area contributed by atoms with Gasteiger partial charge in [-0.15, -0.1) is 0 Å². The van der Waals surface area contributed by atoms with Crippen molar-refractivity contribution in [3.8, 4) is 5.75 Å². The molecule has 0 radical (unpaired) electrons. The number of methoxy groups -OCH3 is 1. The lowest BCUT2D eigenvalue weighted by Gasteiger charge is -2.04. The van der Waals surface area contributed by atoms with Crippen LogP contribution in [-0.4, -0.2) is 13.3 Å². The van der Waals surface area contributed by atoms with Crippen molar-refractivity contribution in [2.45, 2.75) is 26.7 Å². The van der Waals surface area contributed by atoms with Gasteiger partial charge >= 0.3 is 0 Å². The second-order valence-electron chi connectivity index (χ2n) is 3.55. The van der Waals surface area contributed by atoms with Crippen molar-refractivity contribution in [3.63, 3.8) is 0 Å². The Morgan fingerprint density at radius 1 is 1.20 bits per heavy atom. The number of hydrogen-bond donors (Lipinski definition) is 0. The van der Waals surface area contributed by atoms with Gasteiger partial charge in [-0.1, -0.05) is 13.8 Å². The zero-order valence-electron chi connectivity index (χ0n) is 9.73. The Kier molecular flexibility index (Phi) is 4.88. The zero-order chi connectivity index (χ0) is 11.1. The maximum atomic E-state index is 5.09. The fourth-order valence-electron chi connectivity index (χ4n) is 1.36. The highest BCUT2D eigenvalue weighted by Crippen LogP contribution is 2.18. The van der Waals surface area contributed by atoms with Crippen molar-refractivity contribution in [1.82, 2.24) is 0 Å². The minimum atomic E-state index is 0.590. The van der Waals surface area contributed by atoms with Crippen LogP contribution in [0.2, 0.25) is 0 Å². The molecule has 0 atom stereocenters. The highest BCUT2D eigenvalue weighted by Gasteiger charge is 1.98. The minimum absolute atomic E-state index is 0.590. The smallest absolute Gasteiger partial charge is 0.119 e. The van der Waals surface area contributed by atoms with Gasteiger partial charge in [0.2, 0.25) is 0 Å². The molecule has 0 spiro atoms. The third-order valence-electron chi connectivity index (χ3n) is 2.56. The van der Waals surface area contributed by atoms with Crippen LogP contribution in [0.4, 0.5) is 5.69 Å². The van der Waals surface area contributed by atoms with E-state index in [4.69, 9.17) is 4.74 Å². The predicted molar refractivity (Wildman–Crippen MR) is 65.2 cm³/mol. The first-order valence-corrected chi connectivity index (χ1v) is 5.48. The number of benzene rings is 1. The number of hydrogen-bond acceptors (Lipinski definition) is 2. The fourth-order valence-corrected chi connectivity index (χ4v) is 1.36. The van der Waals surface area contributed by atoms with Crippen molar-refractivity contribution in [3.05, 3.63) is 24.3 Å². The molecule has 0 aliphatic heterocycles. The number of ether oxygens (including phenoxy) is 1. The SMILES string of the molecule is CCC(C=Nc1ccc(OC)cc1)CC. The lowest BCUT2D eigenvalue weighted by atomic mass is 10.1. The van der Waals surface area contributed by atoms with E-state index in [1.54, 1.807) is 7.11 Å². The van der Waals surface area contributed by atoms with E-state index in [9.17, 15) is 0 Å². The molecule has 0 saturated heterocycles. The van der Waals surface area contributed by atoms with Crippen LogP contribution in [0.15, 0.2) is 29.3 Å². The van der Waals surface area contributed by atoms with Gasteiger partial charge in [0.25, 0.3) is 0 Å². The second-order valence-corrected chi connectivity index (χ2v) is 3.55. The van der Waals surface area contributed by atoms with Crippen molar-refractivity contribution in [2.75, 3.05) is 7.11 Å². The van der Waals surface area contributed by atoms with Crippen molar-refractivity contribution in [2.24, 2.45) is 10.9 Å². The molecule has 0 amide bonds. The Bertz CT molecular complexity index is 299. The molecule has 15 heavy (non-hydrogen) atoms. The second kappa shape index (κ2) is 6.23. The predicted octanol–water partition coefficient (Wildman–Crippen LogP) is 3.83. The quantitative estimate of drug-likeness (QED) is 0.669. The maximum Gasteiger partial charge on any atom is 0.119 e. The van der Waals surface area contributed by atoms with E-state index in [2.05, 4.69) is 18.8 Å². The number of rotatable bonds is 5. The van der Waals surface area contributed by atoms with Crippen LogP contribution in [0.25, 0.3) is 0 Å². The topological polar surface area (TPSA) is 21.6 Å². The van der Waals surface area contributed by atoms with Crippen LogP contribution < -0.4 is 4.74 Å². The Hall–Kier alpha value is -1.31. The highest BCUT2D eigenvalue weighted by molar-refractivity contribution is 5.65. The van der Waals surface area contributed by atoms with Gasteiger partial charge in [-0.25, -0.2) is 0 Å². The van der Waals surface area contributed by atoms with Crippen molar-refractivity contribution in [1.29, 1.82) is 0 Å². The van der Waals surface area contributed by atoms with Gasteiger partial charge in [0.05, 0.1) is 12.8 Å². The zero-order valence-corrected chi connectivity index (χ0v) is 9.73. The van der Waals surface area contributed by atoms with Crippen LogP contribution in [-0.2, 0) is 0 Å². The van der Waals surface area contributed by atoms with Crippen LogP contribution in [0.3, 0.4) is 0 Å². The van der Waals surface area contributed by atoms with E-state index in [1.165, 1.54) is 0 Å². The van der Waals surface area contributed by atoms with E-state index < -0.39 is 0 Å². The Labute approximate surface area is 92.0 Å². The van der Waals surface area contributed by atoms with Crippen LogP contribution >= 0.6 is 0 Å². The third-order valence-corrected chi connectivity index (χ3v) is 2.56. The normalized spacial score (nSPS) is 11.2. The summed E-state index contributed by atoms with van der Waals surface area (Å²) in [7, 11) is 1.67. The summed E-state index contributed by atoms with van der Waals surface area (Å²) in [5, 5.41) is 0. The molecule has 1 aromatic rings. The molecule has 1 rings (SSSR count). The van der Waals surface area contributed by atoms with E-state index >= 15 is 0 Å². The first-order valence-electron chi connectivity index (χ1n) is 5.48. The van der Waals surface area contributed by atoms with Gasteiger partial charge in [0.1, 0.15) is 5.75 Å². The largest absolute Gasteiger partial charge is 0.497 e. The fraction of sp³-hybridized carbons (Fsp3) is 0.462. The highest BCUT2D eigenvalue weighted by atomic mass is 16.5. The van der Waals surface area contributed by atoms with Gasteiger partial charge in [0, 0.05) is 6.21 Å². The molecule has 2 heteroatoms. The van der Waals surface area contributed by atoms with Crippen molar-refractivity contribution < 1.29 is 4.74 Å². The number of nitrogens with zero attached hydrogens (tertiary/aromatic N) is 1. The summed E-state index contributed by atoms with van der Waals surface area (Å²) in [5.41, 5.74) is 0.989. The lowest BCUT2D eigenvalue weighted by Crippen LogP contribution is -1.96. The van der Waals surface area contributed by atoms with Crippen LogP contribution in [0.5, 0.6) is 5.75 Å². The monoisotopic (exact) mass is 205 g/mol. The van der Waals surface area contributed by atoms with Gasteiger partial charge in [-0.05, 0) is 43.0 Å². The molecule has 82 valence electrons. The standard InChI is InChI=1S/C13H19NO/c1-4-11(5-2)10-14-12-6-8-13(15-3)9-7-12/h6-11H,4-5H2,1-3H3. The molecule has 0 aromatic heterocycles. The first kappa shape index (κ1) is 11.8. The lowest BCUT2D eigenvalue weighted by molar-refractivity contribution is 0.415. The van der Waals surface area contributed by atoms with Crippen molar-refractivity contribution >= 4 is 11.9 Å². The molecule has 0 saturated carbocycles. The van der Waals surface area contributed by atoms with Crippen LogP contribution in [0.1, 0.15) is 26.7 Å². The molecule has 1 aromatic carbocycles. The molecule has 0 heterocycles. The molecular weight excluding hydrogens is 186 g/mol. The molecule has 0 aliphatic rings. The number of aliphatic imine (C=N–C) groups is 1. The maximum absolute atomic E-state index is 5.09. The molecule has 2 nitrogen and oxygen atoms in total.